The molecule has 0 aromatic heterocycles. The van der Waals surface area contributed by atoms with Gasteiger partial charge in [0.1, 0.15) is 18.1 Å². The third-order valence-corrected chi connectivity index (χ3v) is 4.65. The Bertz CT molecular complexity index is 977. The summed E-state index contributed by atoms with van der Waals surface area (Å²) < 4.78 is 11.1. The smallest absolute Gasteiger partial charge is 0.255 e. The number of hydrogen-bond donors (Lipinski definition) is 2. The van der Waals surface area contributed by atoms with Crippen molar-refractivity contribution in [2.24, 2.45) is 5.73 Å². The molecule has 3 aromatic rings. The maximum atomic E-state index is 13.0. The largest absolute Gasteiger partial charge is 0.497 e. The predicted octanol–water partition coefficient (Wildman–Crippen LogP) is 4.57. The Labute approximate surface area is 171 Å². The van der Waals surface area contributed by atoms with Gasteiger partial charge >= 0.3 is 0 Å². The van der Waals surface area contributed by atoms with Gasteiger partial charge < -0.3 is 20.5 Å². The van der Waals surface area contributed by atoms with Gasteiger partial charge in [-0.3, -0.25) is 4.79 Å². The lowest BCUT2D eigenvalue weighted by molar-refractivity contribution is 0.102. The van der Waals surface area contributed by atoms with Crippen molar-refractivity contribution in [3.8, 4) is 22.6 Å². The van der Waals surface area contributed by atoms with E-state index in [4.69, 9.17) is 15.2 Å². The van der Waals surface area contributed by atoms with Gasteiger partial charge in [-0.1, -0.05) is 30.3 Å². The molecule has 3 N–H and O–H groups in total. The highest BCUT2D eigenvalue weighted by Gasteiger charge is 2.15. The Morgan fingerprint density at radius 2 is 1.69 bits per heavy atom. The molecule has 0 fully saturated rings. The van der Waals surface area contributed by atoms with Crippen molar-refractivity contribution >= 4 is 11.6 Å². The van der Waals surface area contributed by atoms with Gasteiger partial charge in [0.25, 0.3) is 5.91 Å². The minimum Gasteiger partial charge on any atom is -0.497 e. The summed E-state index contributed by atoms with van der Waals surface area (Å²) in [6, 6.07) is 19.2. The Hall–Kier alpha value is -3.31. The molecular weight excluding hydrogens is 364 g/mol. The second-order valence-corrected chi connectivity index (χ2v) is 6.81. The van der Waals surface area contributed by atoms with Gasteiger partial charge in [0.15, 0.2) is 0 Å². The quantitative estimate of drug-likeness (QED) is 0.620. The molecule has 150 valence electrons. The minimum atomic E-state index is -0.188. The van der Waals surface area contributed by atoms with Crippen molar-refractivity contribution in [1.29, 1.82) is 0 Å². The van der Waals surface area contributed by atoms with Crippen LogP contribution in [0.25, 0.3) is 11.1 Å². The van der Waals surface area contributed by atoms with Crippen LogP contribution in [-0.2, 0) is 0 Å². The summed E-state index contributed by atoms with van der Waals surface area (Å²) >= 11 is 0. The fourth-order valence-electron chi connectivity index (χ4n) is 3.29. The molecule has 0 unspecified atom stereocenters. The first-order chi connectivity index (χ1) is 14.0. The van der Waals surface area contributed by atoms with Crippen molar-refractivity contribution in [1.82, 2.24) is 0 Å². The molecule has 5 nitrogen and oxygen atoms in total. The van der Waals surface area contributed by atoms with Gasteiger partial charge in [0.2, 0.25) is 0 Å². The van der Waals surface area contributed by atoms with Crippen LogP contribution < -0.4 is 20.5 Å². The minimum absolute atomic E-state index is 0.188. The standard InChI is InChI=1S/C24H26N2O3/c1-16-13-19(14-17(2)23(16)29-12-11-25)24(27)26-22-15-20(28-3)9-10-21(22)18-7-5-4-6-8-18/h4-10,13-15H,11-12,25H2,1-3H3,(H,26,27). The van der Waals surface area contributed by atoms with E-state index in [0.717, 1.165) is 28.0 Å². The molecule has 0 aliphatic heterocycles. The van der Waals surface area contributed by atoms with E-state index in [-0.39, 0.29) is 5.91 Å². The number of carbonyl (C=O) groups is 1. The molecule has 1 amide bonds. The van der Waals surface area contributed by atoms with Crippen LogP contribution in [-0.4, -0.2) is 26.2 Å². The molecule has 29 heavy (non-hydrogen) atoms. The summed E-state index contributed by atoms with van der Waals surface area (Å²) in [6.45, 7) is 4.74. The summed E-state index contributed by atoms with van der Waals surface area (Å²) in [6.07, 6.45) is 0. The van der Waals surface area contributed by atoms with Gasteiger partial charge in [0, 0.05) is 23.7 Å². The van der Waals surface area contributed by atoms with Crippen LogP contribution in [0.1, 0.15) is 21.5 Å². The molecule has 0 radical (unpaired) electrons. The second kappa shape index (κ2) is 9.26. The molecule has 0 spiro atoms. The van der Waals surface area contributed by atoms with E-state index in [2.05, 4.69) is 5.32 Å². The molecule has 3 rings (SSSR count). The molecule has 0 bridgehead atoms. The van der Waals surface area contributed by atoms with E-state index in [0.29, 0.717) is 30.2 Å². The first kappa shape index (κ1) is 20.4. The number of carbonyl (C=O) groups excluding carboxylic acids is 1. The molecule has 0 saturated carbocycles. The van der Waals surface area contributed by atoms with E-state index in [1.807, 2.05) is 74.5 Å². The van der Waals surface area contributed by atoms with Crippen LogP contribution in [0, 0.1) is 13.8 Å². The molecule has 0 saturated heterocycles. The lowest BCUT2D eigenvalue weighted by atomic mass is 10.0. The Morgan fingerprint density at radius 3 is 2.31 bits per heavy atom. The number of ether oxygens (including phenoxy) is 2. The van der Waals surface area contributed by atoms with Gasteiger partial charge in [0.05, 0.1) is 12.8 Å². The Morgan fingerprint density at radius 1 is 1.00 bits per heavy atom. The van der Waals surface area contributed by atoms with Crippen molar-refractivity contribution in [3.63, 3.8) is 0 Å². The SMILES string of the molecule is COc1ccc(-c2ccccc2)c(NC(=O)c2cc(C)c(OCCN)c(C)c2)c1. The number of hydrogen-bond acceptors (Lipinski definition) is 4. The maximum absolute atomic E-state index is 13.0. The number of rotatable bonds is 7. The number of anilines is 1. The number of nitrogens with one attached hydrogen (secondary N) is 1. The van der Waals surface area contributed by atoms with E-state index < -0.39 is 0 Å². The first-order valence-electron chi connectivity index (χ1n) is 9.52. The number of amides is 1. The number of nitrogens with two attached hydrogens (primary N) is 1. The third kappa shape index (κ3) is 4.76. The van der Waals surface area contributed by atoms with E-state index in [1.54, 1.807) is 7.11 Å². The van der Waals surface area contributed by atoms with Crippen molar-refractivity contribution < 1.29 is 14.3 Å². The summed E-state index contributed by atoms with van der Waals surface area (Å²) in [5, 5.41) is 3.04. The van der Waals surface area contributed by atoms with Crippen LogP contribution >= 0.6 is 0 Å². The number of benzene rings is 3. The summed E-state index contributed by atoms with van der Waals surface area (Å²) in [5.41, 5.74) is 10.5. The van der Waals surface area contributed by atoms with Gasteiger partial charge in [-0.25, -0.2) is 0 Å². The zero-order valence-electron chi connectivity index (χ0n) is 17.0. The number of methoxy groups -OCH3 is 1. The maximum Gasteiger partial charge on any atom is 0.255 e. The average Bonchev–Trinajstić information content (AvgIpc) is 2.73. The van der Waals surface area contributed by atoms with E-state index in [1.165, 1.54) is 0 Å². The Balaban J connectivity index is 1.93. The highest BCUT2D eigenvalue weighted by Crippen LogP contribution is 2.32. The average molecular weight is 390 g/mol. The first-order valence-corrected chi connectivity index (χ1v) is 9.52. The summed E-state index contributed by atoms with van der Waals surface area (Å²) in [4.78, 5) is 13.0. The zero-order chi connectivity index (χ0) is 20.8. The second-order valence-electron chi connectivity index (χ2n) is 6.81. The lowest BCUT2D eigenvalue weighted by Gasteiger charge is -2.15. The highest BCUT2D eigenvalue weighted by atomic mass is 16.5. The van der Waals surface area contributed by atoms with Crippen LogP contribution in [0.3, 0.4) is 0 Å². The van der Waals surface area contributed by atoms with Crippen molar-refractivity contribution in [3.05, 3.63) is 77.4 Å². The molecular formula is C24H26N2O3. The number of aryl methyl sites for hydroxylation is 2. The lowest BCUT2D eigenvalue weighted by Crippen LogP contribution is -2.15. The van der Waals surface area contributed by atoms with Gasteiger partial charge in [-0.15, -0.1) is 0 Å². The zero-order valence-corrected chi connectivity index (χ0v) is 17.0. The molecule has 0 atom stereocenters. The predicted molar refractivity (Wildman–Crippen MR) is 117 cm³/mol. The van der Waals surface area contributed by atoms with Crippen LogP contribution in [0.4, 0.5) is 5.69 Å². The fourth-order valence-corrected chi connectivity index (χ4v) is 3.29. The highest BCUT2D eigenvalue weighted by molar-refractivity contribution is 6.06. The fraction of sp³-hybridized carbons (Fsp3) is 0.208. The van der Waals surface area contributed by atoms with E-state index in [9.17, 15) is 4.79 Å². The monoisotopic (exact) mass is 390 g/mol. The molecule has 0 aliphatic rings. The van der Waals surface area contributed by atoms with Gasteiger partial charge in [-0.2, -0.15) is 0 Å². The topological polar surface area (TPSA) is 73.6 Å². The molecule has 5 heteroatoms. The van der Waals surface area contributed by atoms with Crippen LogP contribution in [0.5, 0.6) is 11.5 Å². The third-order valence-electron chi connectivity index (χ3n) is 4.65. The molecule has 3 aromatic carbocycles. The van der Waals surface area contributed by atoms with Crippen molar-refractivity contribution in [2.45, 2.75) is 13.8 Å². The molecule has 0 aliphatic carbocycles. The normalized spacial score (nSPS) is 10.5. The summed E-state index contributed by atoms with van der Waals surface area (Å²) in [7, 11) is 1.61. The van der Waals surface area contributed by atoms with E-state index >= 15 is 0 Å². The van der Waals surface area contributed by atoms with Crippen LogP contribution in [0.15, 0.2) is 60.7 Å². The van der Waals surface area contributed by atoms with Gasteiger partial charge in [-0.05, 0) is 54.8 Å². The summed E-state index contributed by atoms with van der Waals surface area (Å²) in [5.74, 6) is 1.27. The molecule has 0 heterocycles. The van der Waals surface area contributed by atoms with Crippen molar-refractivity contribution in [2.75, 3.05) is 25.6 Å². The van der Waals surface area contributed by atoms with Crippen LogP contribution in [0.2, 0.25) is 0 Å². The Kier molecular flexibility index (Phi) is 6.52.